The van der Waals surface area contributed by atoms with Gasteiger partial charge < -0.3 is 15.0 Å². The lowest BCUT2D eigenvalue weighted by Crippen LogP contribution is -2.33. The van der Waals surface area contributed by atoms with Crippen molar-refractivity contribution >= 4 is 18.3 Å². The lowest BCUT2D eigenvalue weighted by molar-refractivity contribution is -0.274. The summed E-state index contributed by atoms with van der Waals surface area (Å²) in [6.07, 6.45) is -3.92. The van der Waals surface area contributed by atoms with E-state index in [9.17, 15) is 18.0 Å². The summed E-state index contributed by atoms with van der Waals surface area (Å²) in [4.78, 5) is 13.7. The Morgan fingerprint density at radius 3 is 2.77 bits per heavy atom. The molecule has 0 bridgehead atoms. The van der Waals surface area contributed by atoms with Crippen molar-refractivity contribution in [3.63, 3.8) is 0 Å². The minimum Gasteiger partial charge on any atom is -0.406 e. The van der Waals surface area contributed by atoms with E-state index in [4.69, 9.17) is 0 Å². The molecule has 1 N–H and O–H groups in total. The fraction of sp³-hybridized carbons (Fsp3) is 0.500. The molecule has 1 amide bonds. The number of hydrogen-bond donors (Lipinski definition) is 1. The highest BCUT2D eigenvalue weighted by Gasteiger charge is 2.31. The van der Waals surface area contributed by atoms with E-state index in [1.807, 2.05) is 0 Å². The molecule has 8 heteroatoms. The Balaban J connectivity index is 0.00000242. The Hall–Kier alpha value is -1.47. The average molecular weight is 339 g/mol. The van der Waals surface area contributed by atoms with Crippen molar-refractivity contribution < 1.29 is 22.7 Å². The van der Waals surface area contributed by atoms with Crippen LogP contribution >= 0.6 is 12.4 Å². The lowest BCUT2D eigenvalue weighted by Gasteiger charge is -2.21. The van der Waals surface area contributed by atoms with Crippen LogP contribution < -0.4 is 10.1 Å². The molecule has 1 fully saturated rings. The summed E-state index contributed by atoms with van der Waals surface area (Å²) >= 11 is 0. The van der Waals surface area contributed by atoms with Crippen LogP contribution in [0.5, 0.6) is 5.75 Å². The topological polar surface area (TPSA) is 41.6 Å². The van der Waals surface area contributed by atoms with Gasteiger partial charge in [-0.1, -0.05) is 12.1 Å². The minimum atomic E-state index is -4.71. The Labute approximate surface area is 133 Å². The fourth-order valence-corrected chi connectivity index (χ4v) is 2.37. The van der Waals surface area contributed by atoms with Crippen molar-refractivity contribution in [2.45, 2.75) is 19.3 Å². The summed E-state index contributed by atoms with van der Waals surface area (Å²) in [5, 5.41) is 3.11. The van der Waals surface area contributed by atoms with Crippen LogP contribution in [0.2, 0.25) is 0 Å². The second-order valence-electron chi connectivity index (χ2n) is 5.08. The smallest absolute Gasteiger partial charge is 0.406 e. The number of amides is 1. The van der Waals surface area contributed by atoms with E-state index in [1.54, 1.807) is 13.1 Å². The van der Waals surface area contributed by atoms with E-state index in [0.717, 1.165) is 13.0 Å². The first-order valence-corrected chi connectivity index (χ1v) is 6.65. The van der Waals surface area contributed by atoms with Gasteiger partial charge in [-0.15, -0.1) is 25.6 Å². The highest BCUT2D eigenvalue weighted by Crippen LogP contribution is 2.24. The van der Waals surface area contributed by atoms with Crippen molar-refractivity contribution in [1.82, 2.24) is 10.2 Å². The normalized spacial score (nSPS) is 17.7. The molecule has 1 aromatic rings. The van der Waals surface area contributed by atoms with Gasteiger partial charge in [-0.3, -0.25) is 4.79 Å². The van der Waals surface area contributed by atoms with Gasteiger partial charge in [0.2, 0.25) is 5.91 Å². The molecule has 1 atom stereocenters. The Morgan fingerprint density at radius 1 is 1.45 bits per heavy atom. The van der Waals surface area contributed by atoms with Gasteiger partial charge in [-0.05, 0) is 30.7 Å². The zero-order valence-corrected chi connectivity index (χ0v) is 12.8. The molecular weight excluding hydrogens is 321 g/mol. The number of halogens is 4. The maximum absolute atomic E-state index is 12.2. The molecule has 0 spiro atoms. The third kappa shape index (κ3) is 5.38. The molecule has 22 heavy (non-hydrogen) atoms. The molecule has 1 aromatic carbocycles. The molecule has 0 radical (unpaired) electrons. The third-order valence-electron chi connectivity index (χ3n) is 3.34. The van der Waals surface area contributed by atoms with E-state index in [2.05, 4.69) is 10.1 Å². The standard InChI is InChI=1S/C14H17F3N2O2.ClH/c1-19(13(20)11-5-6-18-8-11)9-10-3-2-4-12(7-10)21-14(15,16)17;/h2-4,7,11,18H,5-6,8-9H2,1H3;1H. The predicted octanol–water partition coefficient (Wildman–Crippen LogP) is 2.57. The quantitative estimate of drug-likeness (QED) is 0.917. The summed E-state index contributed by atoms with van der Waals surface area (Å²) in [5.74, 6) is -0.324. The number of nitrogens with one attached hydrogen (secondary N) is 1. The van der Waals surface area contributed by atoms with Gasteiger partial charge in [0, 0.05) is 20.1 Å². The van der Waals surface area contributed by atoms with Crippen LogP contribution in [-0.4, -0.2) is 37.3 Å². The molecule has 1 aliphatic rings. The molecule has 2 rings (SSSR count). The molecule has 0 aromatic heterocycles. The van der Waals surface area contributed by atoms with E-state index < -0.39 is 6.36 Å². The van der Waals surface area contributed by atoms with Gasteiger partial charge in [0.15, 0.2) is 0 Å². The summed E-state index contributed by atoms with van der Waals surface area (Å²) in [6.45, 7) is 1.73. The minimum absolute atomic E-state index is 0. The molecule has 124 valence electrons. The largest absolute Gasteiger partial charge is 0.573 e. The van der Waals surface area contributed by atoms with Crippen LogP contribution in [-0.2, 0) is 11.3 Å². The maximum Gasteiger partial charge on any atom is 0.573 e. The predicted molar refractivity (Wildman–Crippen MR) is 77.8 cm³/mol. The van der Waals surface area contributed by atoms with Crippen LogP contribution in [0, 0.1) is 5.92 Å². The van der Waals surface area contributed by atoms with Crippen molar-refractivity contribution in [3.8, 4) is 5.75 Å². The van der Waals surface area contributed by atoms with Gasteiger partial charge in [-0.25, -0.2) is 0 Å². The summed E-state index contributed by atoms with van der Waals surface area (Å²) in [7, 11) is 1.65. The third-order valence-corrected chi connectivity index (χ3v) is 3.34. The van der Waals surface area contributed by atoms with Gasteiger partial charge in [0.25, 0.3) is 0 Å². The molecule has 1 heterocycles. The Kier molecular flexibility index (Phi) is 6.49. The van der Waals surface area contributed by atoms with E-state index >= 15 is 0 Å². The van der Waals surface area contributed by atoms with Gasteiger partial charge in [0.1, 0.15) is 5.75 Å². The van der Waals surface area contributed by atoms with Crippen molar-refractivity contribution in [2.75, 3.05) is 20.1 Å². The highest BCUT2D eigenvalue weighted by atomic mass is 35.5. The first kappa shape index (κ1) is 18.6. The number of hydrogen-bond acceptors (Lipinski definition) is 3. The monoisotopic (exact) mass is 338 g/mol. The number of benzene rings is 1. The molecular formula is C14H18ClF3N2O2. The lowest BCUT2D eigenvalue weighted by atomic mass is 10.1. The van der Waals surface area contributed by atoms with Gasteiger partial charge in [-0.2, -0.15) is 0 Å². The molecule has 4 nitrogen and oxygen atoms in total. The van der Waals surface area contributed by atoms with E-state index in [-0.39, 0.29) is 36.5 Å². The van der Waals surface area contributed by atoms with E-state index in [0.29, 0.717) is 12.1 Å². The average Bonchev–Trinajstić information content (AvgIpc) is 2.89. The summed E-state index contributed by atoms with van der Waals surface area (Å²) in [6, 6.07) is 5.68. The molecule has 0 saturated carbocycles. The Morgan fingerprint density at radius 2 is 2.18 bits per heavy atom. The first-order chi connectivity index (χ1) is 9.85. The van der Waals surface area contributed by atoms with Crippen molar-refractivity contribution in [2.24, 2.45) is 5.92 Å². The molecule has 1 saturated heterocycles. The van der Waals surface area contributed by atoms with Crippen LogP contribution in [0.4, 0.5) is 13.2 Å². The number of alkyl halides is 3. The highest BCUT2D eigenvalue weighted by molar-refractivity contribution is 5.85. The van der Waals surface area contributed by atoms with Crippen LogP contribution in [0.25, 0.3) is 0 Å². The van der Waals surface area contributed by atoms with Crippen LogP contribution in [0.15, 0.2) is 24.3 Å². The number of carbonyl (C=O) groups excluding carboxylic acids is 1. The maximum atomic E-state index is 12.2. The number of rotatable bonds is 4. The Bertz CT molecular complexity index is 505. The number of ether oxygens (including phenoxy) is 1. The van der Waals surface area contributed by atoms with Crippen LogP contribution in [0.1, 0.15) is 12.0 Å². The second-order valence-corrected chi connectivity index (χ2v) is 5.08. The molecule has 1 unspecified atom stereocenters. The number of carbonyl (C=O) groups is 1. The zero-order chi connectivity index (χ0) is 15.5. The first-order valence-electron chi connectivity index (χ1n) is 6.65. The van der Waals surface area contributed by atoms with Crippen molar-refractivity contribution in [3.05, 3.63) is 29.8 Å². The zero-order valence-electron chi connectivity index (χ0n) is 12.0. The summed E-state index contributed by atoms with van der Waals surface area (Å²) in [5.41, 5.74) is 0.596. The number of nitrogens with zero attached hydrogens (tertiary/aromatic N) is 1. The van der Waals surface area contributed by atoms with Gasteiger partial charge >= 0.3 is 6.36 Å². The van der Waals surface area contributed by atoms with Gasteiger partial charge in [0.05, 0.1) is 5.92 Å². The van der Waals surface area contributed by atoms with E-state index in [1.165, 1.54) is 23.1 Å². The summed E-state index contributed by atoms with van der Waals surface area (Å²) < 4.78 is 40.4. The fourth-order valence-electron chi connectivity index (χ4n) is 2.37. The molecule has 0 aliphatic carbocycles. The molecule has 1 aliphatic heterocycles. The second kappa shape index (κ2) is 7.69. The van der Waals surface area contributed by atoms with Crippen LogP contribution in [0.3, 0.4) is 0 Å². The van der Waals surface area contributed by atoms with Crippen molar-refractivity contribution in [1.29, 1.82) is 0 Å². The SMILES string of the molecule is CN(Cc1cccc(OC(F)(F)F)c1)C(=O)C1CCNC1.Cl.